The van der Waals surface area contributed by atoms with Crippen molar-refractivity contribution in [3.8, 4) is 17.0 Å². The van der Waals surface area contributed by atoms with Crippen LogP contribution in [-0.4, -0.2) is 62.3 Å². The molecule has 1 aromatic carbocycles. The molecule has 5 rings (SSSR count). The molecule has 0 bridgehead atoms. The van der Waals surface area contributed by atoms with Crippen molar-refractivity contribution in [2.45, 2.75) is 32.0 Å². The first-order valence-corrected chi connectivity index (χ1v) is 10.3. The molecule has 0 amide bonds. The van der Waals surface area contributed by atoms with Crippen molar-refractivity contribution in [1.29, 1.82) is 0 Å². The van der Waals surface area contributed by atoms with Gasteiger partial charge in [-0.3, -0.25) is 0 Å². The number of piperidine rings is 1. The zero-order valence-electron chi connectivity index (χ0n) is 17.3. The van der Waals surface area contributed by atoms with Crippen LogP contribution in [0.2, 0.25) is 0 Å². The van der Waals surface area contributed by atoms with E-state index in [1.165, 1.54) is 13.3 Å². The molecule has 31 heavy (non-hydrogen) atoms. The van der Waals surface area contributed by atoms with Crippen molar-refractivity contribution in [3.05, 3.63) is 35.5 Å². The first kappa shape index (κ1) is 20.0. The molecule has 2 aliphatic rings. The molecule has 2 aliphatic heterocycles. The number of halogens is 3. The number of anilines is 1. The number of phenolic OH excluding ortho intramolecular Hbond substituents is 1. The third-order valence-corrected chi connectivity index (χ3v) is 6.42. The molecule has 2 fully saturated rings. The number of hydrogen-bond donors (Lipinski definition) is 1. The zero-order valence-corrected chi connectivity index (χ0v) is 17.3. The number of likely N-dealkylation sites (N-methyl/N-ethyl adjacent to an activating group) is 1. The van der Waals surface area contributed by atoms with Crippen molar-refractivity contribution in [1.82, 2.24) is 24.5 Å². The Labute approximate surface area is 177 Å². The summed E-state index contributed by atoms with van der Waals surface area (Å²) in [5.74, 6) is 1.13. The van der Waals surface area contributed by atoms with Crippen molar-refractivity contribution in [2.24, 2.45) is 5.92 Å². The van der Waals surface area contributed by atoms with Gasteiger partial charge >= 0.3 is 6.18 Å². The monoisotopic (exact) mass is 432 g/mol. The lowest BCUT2D eigenvalue weighted by atomic mass is 9.92. The van der Waals surface area contributed by atoms with E-state index in [4.69, 9.17) is 0 Å². The largest absolute Gasteiger partial charge is 0.507 e. The highest BCUT2D eigenvalue weighted by Gasteiger charge is 2.39. The lowest BCUT2D eigenvalue weighted by Gasteiger charge is -2.36. The Morgan fingerprint density at radius 2 is 1.90 bits per heavy atom. The van der Waals surface area contributed by atoms with E-state index in [1.807, 2.05) is 0 Å². The molecule has 0 saturated carbocycles. The van der Waals surface area contributed by atoms with Crippen LogP contribution in [0.25, 0.3) is 17.0 Å². The quantitative estimate of drug-likeness (QED) is 0.670. The minimum Gasteiger partial charge on any atom is -0.507 e. The normalized spacial score (nSPS) is 22.3. The van der Waals surface area contributed by atoms with Gasteiger partial charge in [0.1, 0.15) is 5.75 Å². The summed E-state index contributed by atoms with van der Waals surface area (Å²) in [6, 6.07) is 3.74. The third-order valence-electron chi connectivity index (χ3n) is 6.42. The van der Waals surface area contributed by atoms with Gasteiger partial charge in [-0.25, -0.2) is 9.50 Å². The zero-order chi connectivity index (χ0) is 21.9. The fourth-order valence-electron chi connectivity index (χ4n) is 4.84. The molecule has 1 N–H and O–H groups in total. The molecule has 2 aromatic heterocycles. The number of rotatable bonds is 2. The van der Waals surface area contributed by atoms with Crippen LogP contribution >= 0.6 is 0 Å². The number of aryl methyl sites for hydroxylation is 1. The minimum absolute atomic E-state index is 0.259. The summed E-state index contributed by atoms with van der Waals surface area (Å²) in [4.78, 5) is 13.6. The number of phenols is 1. The SMILES string of the molecule is Cc1cc(C(F)(F)F)cc(O)c1-c1ccn2nc(N3CC[C@@H]4CCN(C)C[C@@H]43)nc2n1. The van der Waals surface area contributed by atoms with Gasteiger partial charge in [-0.2, -0.15) is 18.2 Å². The summed E-state index contributed by atoms with van der Waals surface area (Å²) >= 11 is 0. The predicted octanol–water partition coefficient (Wildman–Crippen LogP) is 3.35. The second kappa shape index (κ2) is 7.08. The fourth-order valence-corrected chi connectivity index (χ4v) is 4.84. The second-order valence-electron chi connectivity index (χ2n) is 8.51. The Hall–Kier alpha value is -2.88. The van der Waals surface area contributed by atoms with Crippen LogP contribution in [0.3, 0.4) is 0 Å². The van der Waals surface area contributed by atoms with Gasteiger partial charge in [-0.15, -0.1) is 5.10 Å². The van der Waals surface area contributed by atoms with E-state index in [0.29, 0.717) is 29.4 Å². The molecular weight excluding hydrogens is 409 g/mol. The van der Waals surface area contributed by atoms with Crippen molar-refractivity contribution in [2.75, 3.05) is 31.6 Å². The summed E-state index contributed by atoms with van der Waals surface area (Å²) in [5.41, 5.74) is 0.0109. The molecule has 0 spiro atoms. The molecule has 4 heterocycles. The second-order valence-corrected chi connectivity index (χ2v) is 8.51. The molecule has 2 atom stereocenters. The fraction of sp³-hybridized carbons (Fsp3) is 0.476. The Bertz CT molecular complexity index is 1120. The van der Waals surface area contributed by atoms with Crippen LogP contribution in [0.4, 0.5) is 19.1 Å². The molecule has 7 nitrogen and oxygen atoms in total. The minimum atomic E-state index is -4.53. The molecular formula is C21H23F3N6O. The number of aromatic hydroxyl groups is 1. The number of aromatic nitrogens is 4. The molecule has 0 aliphatic carbocycles. The number of hydrogen-bond acceptors (Lipinski definition) is 6. The predicted molar refractivity (Wildman–Crippen MR) is 109 cm³/mol. The maximum absolute atomic E-state index is 13.0. The first-order chi connectivity index (χ1) is 14.7. The van der Waals surface area contributed by atoms with E-state index in [-0.39, 0.29) is 11.1 Å². The summed E-state index contributed by atoms with van der Waals surface area (Å²) in [6.45, 7) is 4.49. The smallest absolute Gasteiger partial charge is 0.416 e. The van der Waals surface area contributed by atoms with Crippen LogP contribution in [0.5, 0.6) is 5.75 Å². The van der Waals surface area contributed by atoms with Crippen molar-refractivity contribution < 1.29 is 18.3 Å². The van der Waals surface area contributed by atoms with Crippen LogP contribution in [0, 0.1) is 12.8 Å². The van der Waals surface area contributed by atoms with Gasteiger partial charge in [-0.05, 0) is 63.0 Å². The van der Waals surface area contributed by atoms with Crippen LogP contribution < -0.4 is 4.90 Å². The lowest BCUT2D eigenvalue weighted by Crippen LogP contribution is -2.47. The van der Waals surface area contributed by atoms with Gasteiger partial charge in [0.15, 0.2) is 0 Å². The number of nitrogens with zero attached hydrogens (tertiary/aromatic N) is 6. The van der Waals surface area contributed by atoms with Crippen molar-refractivity contribution >= 4 is 11.7 Å². The van der Waals surface area contributed by atoms with Gasteiger partial charge in [0, 0.05) is 30.9 Å². The molecule has 0 unspecified atom stereocenters. The maximum Gasteiger partial charge on any atom is 0.416 e. The molecule has 2 saturated heterocycles. The highest BCUT2D eigenvalue weighted by Crippen LogP contribution is 2.39. The summed E-state index contributed by atoms with van der Waals surface area (Å²) in [6.07, 6.45) is -0.572. The highest BCUT2D eigenvalue weighted by atomic mass is 19.4. The molecule has 10 heteroatoms. The highest BCUT2D eigenvalue weighted by molar-refractivity contribution is 5.72. The van der Waals surface area contributed by atoms with E-state index in [2.05, 4.69) is 31.9 Å². The molecule has 164 valence electrons. The van der Waals surface area contributed by atoms with E-state index < -0.39 is 17.5 Å². The van der Waals surface area contributed by atoms with Gasteiger partial charge in [0.05, 0.1) is 11.3 Å². The van der Waals surface area contributed by atoms with Crippen LogP contribution in [0.15, 0.2) is 24.4 Å². The summed E-state index contributed by atoms with van der Waals surface area (Å²) in [7, 11) is 2.12. The van der Waals surface area contributed by atoms with E-state index in [1.54, 1.807) is 16.8 Å². The van der Waals surface area contributed by atoms with Crippen molar-refractivity contribution in [3.63, 3.8) is 0 Å². The third kappa shape index (κ3) is 3.48. The first-order valence-electron chi connectivity index (χ1n) is 10.3. The Morgan fingerprint density at radius 3 is 2.65 bits per heavy atom. The topological polar surface area (TPSA) is 69.8 Å². The Morgan fingerprint density at radius 1 is 1.13 bits per heavy atom. The van der Waals surface area contributed by atoms with E-state index >= 15 is 0 Å². The standard InChI is InChI=1S/C21H23F3N6O/c1-12-9-14(21(22,23)24)10-17(31)18(12)15-5-8-30-19(25-15)26-20(27-30)29-7-4-13-3-6-28(2)11-16(13)29/h5,8-10,13,16,31H,3-4,6-7,11H2,1-2H3/t13-,16-/m0/s1. The number of fused-ring (bicyclic) bond motifs is 2. The van der Waals surface area contributed by atoms with E-state index in [9.17, 15) is 18.3 Å². The average Bonchev–Trinajstić information content (AvgIpc) is 3.29. The van der Waals surface area contributed by atoms with Gasteiger partial charge in [0.2, 0.25) is 5.95 Å². The van der Waals surface area contributed by atoms with Crippen LogP contribution in [0.1, 0.15) is 24.0 Å². The van der Waals surface area contributed by atoms with Crippen LogP contribution in [-0.2, 0) is 6.18 Å². The van der Waals surface area contributed by atoms with Gasteiger partial charge in [0.25, 0.3) is 5.78 Å². The number of benzene rings is 1. The summed E-state index contributed by atoms with van der Waals surface area (Å²) in [5, 5.41) is 14.9. The molecule has 0 radical (unpaired) electrons. The van der Waals surface area contributed by atoms with Gasteiger partial charge in [-0.1, -0.05) is 0 Å². The number of likely N-dealkylation sites (tertiary alicyclic amines) is 1. The van der Waals surface area contributed by atoms with E-state index in [0.717, 1.165) is 38.2 Å². The Balaban J connectivity index is 1.50. The number of alkyl halides is 3. The Kier molecular flexibility index (Phi) is 4.58. The average molecular weight is 432 g/mol. The summed E-state index contributed by atoms with van der Waals surface area (Å²) < 4.78 is 40.6. The lowest BCUT2D eigenvalue weighted by molar-refractivity contribution is -0.137. The molecule has 3 aromatic rings. The maximum atomic E-state index is 13.0. The van der Waals surface area contributed by atoms with Gasteiger partial charge < -0.3 is 14.9 Å².